The van der Waals surface area contributed by atoms with E-state index in [0.29, 0.717) is 10.3 Å². The van der Waals surface area contributed by atoms with Gasteiger partial charge in [-0.15, -0.1) is 0 Å². The maximum absolute atomic E-state index is 5.84. The van der Waals surface area contributed by atoms with Crippen molar-refractivity contribution in [3.05, 3.63) is 30.3 Å². The zero-order valence-corrected chi connectivity index (χ0v) is 13.6. The SMILES string of the molecule is CC(C)(C)P(CCOc1ccccc1)C(C)(C)C. The van der Waals surface area contributed by atoms with Crippen molar-refractivity contribution in [2.75, 3.05) is 12.8 Å². The summed E-state index contributed by atoms with van der Waals surface area (Å²) in [5, 5.41) is 0.765. The summed E-state index contributed by atoms with van der Waals surface area (Å²) in [5.74, 6) is 0.982. The van der Waals surface area contributed by atoms with Gasteiger partial charge in [0, 0.05) is 6.16 Å². The fourth-order valence-corrected chi connectivity index (χ4v) is 6.08. The lowest BCUT2D eigenvalue weighted by Gasteiger charge is -2.41. The van der Waals surface area contributed by atoms with Gasteiger partial charge in [-0.2, -0.15) is 0 Å². The van der Waals surface area contributed by atoms with Gasteiger partial charge in [-0.3, -0.25) is 0 Å². The van der Waals surface area contributed by atoms with Crippen molar-refractivity contribution in [1.29, 1.82) is 0 Å². The molecule has 0 aromatic heterocycles. The molecule has 0 saturated heterocycles. The predicted molar refractivity (Wildman–Crippen MR) is 83.2 cm³/mol. The topological polar surface area (TPSA) is 9.23 Å². The van der Waals surface area contributed by atoms with Crippen LogP contribution in [0.1, 0.15) is 41.5 Å². The fraction of sp³-hybridized carbons (Fsp3) is 0.625. The highest BCUT2D eigenvalue weighted by Crippen LogP contribution is 2.58. The van der Waals surface area contributed by atoms with E-state index in [1.807, 2.05) is 30.3 Å². The van der Waals surface area contributed by atoms with Gasteiger partial charge in [0.1, 0.15) is 5.75 Å². The first-order chi connectivity index (χ1) is 8.21. The molecule has 1 aromatic carbocycles. The van der Waals surface area contributed by atoms with Gasteiger partial charge < -0.3 is 4.74 Å². The first-order valence-electron chi connectivity index (χ1n) is 6.67. The minimum Gasteiger partial charge on any atom is -0.493 e. The number of hydrogen-bond donors (Lipinski definition) is 0. The maximum atomic E-state index is 5.84. The second-order valence-electron chi connectivity index (χ2n) is 6.65. The van der Waals surface area contributed by atoms with Gasteiger partial charge in [-0.05, 0) is 22.4 Å². The van der Waals surface area contributed by atoms with Crippen LogP contribution >= 0.6 is 7.92 Å². The maximum Gasteiger partial charge on any atom is 0.119 e. The molecule has 0 spiro atoms. The lowest BCUT2D eigenvalue weighted by molar-refractivity contribution is 0.341. The lowest BCUT2D eigenvalue weighted by Crippen LogP contribution is -2.28. The molecule has 0 unspecified atom stereocenters. The molecule has 1 rings (SSSR count). The Morgan fingerprint density at radius 3 is 1.83 bits per heavy atom. The molecule has 18 heavy (non-hydrogen) atoms. The highest BCUT2D eigenvalue weighted by molar-refractivity contribution is 7.60. The Morgan fingerprint density at radius 1 is 0.889 bits per heavy atom. The van der Waals surface area contributed by atoms with Crippen molar-refractivity contribution in [2.45, 2.75) is 51.9 Å². The minimum absolute atomic E-state index is 0.0640. The van der Waals surface area contributed by atoms with Gasteiger partial charge in [0.05, 0.1) is 6.61 Å². The summed E-state index contributed by atoms with van der Waals surface area (Å²) in [6.45, 7) is 14.9. The van der Waals surface area contributed by atoms with E-state index in [1.54, 1.807) is 0 Å². The molecule has 0 bridgehead atoms. The Hall–Kier alpha value is -0.550. The van der Waals surface area contributed by atoms with Crippen LogP contribution in [0.5, 0.6) is 5.75 Å². The molecule has 1 nitrogen and oxygen atoms in total. The predicted octanol–water partition coefficient (Wildman–Crippen LogP) is 5.14. The zero-order valence-electron chi connectivity index (χ0n) is 12.7. The highest BCUT2D eigenvalue weighted by Gasteiger charge is 2.33. The van der Waals surface area contributed by atoms with Crippen molar-refractivity contribution in [3.63, 3.8) is 0 Å². The first-order valence-corrected chi connectivity index (χ1v) is 8.19. The second-order valence-corrected chi connectivity index (χ2v) is 10.6. The van der Waals surface area contributed by atoms with Crippen LogP contribution in [0, 0.1) is 0 Å². The molecule has 0 atom stereocenters. The fourth-order valence-electron chi connectivity index (χ4n) is 2.45. The van der Waals surface area contributed by atoms with Gasteiger partial charge in [-0.1, -0.05) is 67.7 Å². The molecular formula is C16H27OP. The number of para-hydroxylation sites is 1. The number of benzene rings is 1. The molecule has 2 heteroatoms. The standard InChI is InChI=1S/C16H27OP/c1-15(2,3)18(16(4,5)6)13-12-17-14-10-8-7-9-11-14/h7-11H,12-13H2,1-6H3. The minimum atomic E-state index is -0.0640. The Balaban J connectivity index is 2.54. The summed E-state index contributed by atoms with van der Waals surface area (Å²) < 4.78 is 5.84. The molecule has 0 N–H and O–H groups in total. The molecule has 1 aromatic rings. The summed E-state index contributed by atoms with van der Waals surface area (Å²) in [6.07, 6.45) is 1.16. The van der Waals surface area contributed by atoms with E-state index in [-0.39, 0.29) is 7.92 Å². The Kier molecular flexibility index (Phi) is 5.22. The second kappa shape index (κ2) is 6.06. The van der Waals surface area contributed by atoms with Gasteiger partial charge in [0.2, 0.25) is 0 Å². The first kappa shape index (κ1) is 15.5. The highest BCUT2D eigenvalue weighted by atomic mass is 31.1. The Bertz CT molecular complexity index is 332. The quantitative estimate of drug-likeness (QED) is 0.685. The summed E-state index contributed by atoms with van der Waals surface area (Å²) in [5.41, 5.74) is 0. The van der Waals surface area contributed by atoms with Crippen LogP contribution in [0.4, 0.5) is 0 Å². The molecule has 0 aliphatic rings. The third-order valence-corrected chi connectivity index (χ3v) is 6.82. The largest absolute Gasteiger partial charge is 0.493 e. The van der Waals surface area contributed by atoms with E-state index in [4.69, 9.17) is 4.74 Å². The number of ether oxygens (including phenoxy) is 1. The van der Waals surface area contributed by atoms with E-state index in [2.05, 4.69) is 41.5 Å². The molecule has 0 saturated carbocycles. The normalized spacial score (nSPS) is 12.8. The van der Waals surface area contributed by atoms with Crippen LogP contribution in [0.25, 0.3) is 0 Å². The number of hydrogen-bond acceptors (Lipinski definition) is 1. The van der Waals surface area contributed by atoms with Crippen molar-refractivity contribution in [3.8, 4) is 5.75 Å². The summed E-state index contributed by atoms with van der Waals surface area (Å²) in [7, 11) is -0.0640. The van der Waals surface area contributed by atoms with E-state index in [1.165, 1.54) is 0 Å². The van der Waals surface area contributed by atoms with Gasteiger partial charge >= 0.3 is 0 Å². The van der Waals surface area contributed by atoms with E-state index < -0.39 is 0 Å². The van der Waals surface area contributed by atoms with Crippen molar-refractivity contribution in [1.82, 2.24) is 0 Å². The smallest absolute Gasteiger partial charge is 0.119 e. The van der Waals surface area contributed by atoms with Crippen LogP contribution in [0.15, 0.2) is 30.3 Å². The van der Waals surface area contributed by atoms with Crippen molar-refractivity contribution < 1.29 is 4.74 Å². The lowest BCUT2D eigenvalue weighted by atomic mass is 10.2. The van der Waals surface area contributed by atoms with Crippen LogP contribution in [0.2, 0.25) is 0 Å². The molecular weight excluding hydrogens is 239 g/mol. The van der Waals surface area contributed by atoms with Crippen LogP contribution < -0.4 is 4.74 Å². The molecule has 0 heterocycles. The third-order valence-electron chi connectivity index (χ3n) is 2.95. The average molecular weight is 266 g/mol. The monoisotopic (exact) mass is 266 g/mol. The Morgan fingerprint density at radius 2 is 1.39 bits per heavy atom. The molecule has 0 radical (unpaired) electrons. The summed E-state index contributed by atoms with van der Waals surface area (Å²) in [4.78, 5) is 0. The van der Waals surface area contributed by atoms with Gasteiger partial charge in [0.25, 0.3) is 0 Å². The third kappa shape index (κ3) is 4.98. The van der Waals surface area contributed by atoms with Crippen molar-refractivity contribution >= 4 is 7.92 Å². The molecule has 0 aliphatic heterocycles. The molecule has 0 amide bonds. The van der Waals surface area contributed by atoms with Crippen LogP contribution in [0.3, 0.4) is 0 Å². The summed E-state index contributed by atoms with van der Waals surface area (Å²) >= 11 is 0. The number of rotatable bonds is 4. The zero-order chi connectivity index (χ0) is 13.8. The average Bonchev–Trinajstić information content (AvgIpc) is 2.22. The summed E-state index contributed by atoms with van der Waals surface area (Å²) in [6, 6.07) is 10.1. The van der Waals surface area contributed by atoms with Crippen LogP contribution in [-0.2, 0) is 0 Å². The molecule has 102 valence electrons. The van der Waals surface area contributed by atoms with Gasteiger partial charge in [-0.25, -0.2) is 0 Å². The molecule has 0 fully saturated rings. The van der Waals surface area contributed by atoms with Crippen LogP contribution in [-0.4, -0.2) is 23.1 Å². The van der Waals surface area contributed by atoms with E-state index in [0.717, 1.165) is 18.5 Å². The van der Waals surface area contributed by atoms with Crippen molar-refractivity contribution in [2.24, 2.45) is 0 Å². The van der Waals surface area contributed by atoms with E-state index >= 15 is 0 Å². The Labute approximate surface area is 114 Å². The van der Waals surface area contributed by atoms with Gasteiger partial charge in [0.15, 0.2) is 0 Å². The van der Waals surface area contributed by atoms with E-state index in [9.17, 15) is 0 Å². The molecule has 0 aliphatic carbocycles.